The van der Waals surface area contributed by atoms with Crippen molar-refractivity contribution in [1.29, 1.82) is 0 Å². The maximum atomic E-state index is 12.3. The van der Waals surface area contributed by atoms with E-state index >= 15 is 0 Å². The maximum absolute atomic E-state index is 12.3. The minimum Gasteiger partial charge on any atom is -0.342 e. The zero-order valence-electron chi connectivity index (χ0n) is 11.4. The zero-order chi connectivity index (χ0) is 12.8. The highest BCUT2D eigenvalue weighted by Gasteiger charge is 2.23. The van der Waals surface area contributed by atoms with Crippen LogP contribution in [0.2, 0.25) is 0 Å². The van der Waals surface area contributed by atoms with Gasteiger partial charge in [0.1, 0.15) is 0 Å². The van der Waals surface area contributed by atoms with Crippen LogP contribution in [0.25, 0.3) is 0 Å². The molecule has 18 heavy (non-hydrogen) atoms. The molecule has 0 aromatic carbocycles. The third-order valence-corrected chi connectivity index (χ3v) is 4.21. The van der Waals surface area contributed by atoms with E-state index in [-0.39, 0.29) is 0 Å². The van der Waals surface area contributed by atoms with E-state index in [0.717, 1.165) is 38.9 Å². The third kappa shape index (κ3) is 3.84. The Labute approximate surface area is 110 Å². The summed E-state index contributed by atoms with van der Waals surface area (Å²) in [5.41, 5.74) is 6.99. The summed E-state index contributed by atoms with van der Waals surface area (Å²) in [5.74, 6) is 0.970. The summed E-state index contributed by atoms with van der Waals surface area (Å²) in [6.07, 6.45) is 11.2. The Hall–Kier alpha value is -0.830. The molecule has 1 amide bonds. The molecule has 1 heterocycles. The number of nitrogens with zero attached hydrogens (tertiary/aromatic N) is 1. The van der Waals surface area contributed by atoms with E-state index < -0.39 is 0 Å². The fraction of sp³-hybridized carbons (Fsp3) is 0.800. The summed E-state index contributed by atoms with van der Waals surface area (Å²) >= 11 is 0. The van der Waals surface area contributed by atoms with Gasteiger partial charge in [0.15, 0.2) is 0 Å². The molecule has 102 valence electrons. The number of rotatable bonds is 4. The van der Waals surface area contributed by atoms with Gasteiger partial charge in [0.25, 0.3) is 0 Å². The summed E-state index contributed by atoms with van der Waals surface area (Å²) in [7, 11) is 0. The van der Waals surface area contributed by atoms with Crippen molar-refractivity contribution in [3.8, 4) is 0 Å². The van der Waals surface area contributed by atoms with Gasteiger partial charge in [0, 0.05) is 19.5 Å². The number of allylic oxidation sites excluding steroid dienone is 1. The fourth-order valence-corrected chi connectivity index (χ4v) is 3.13. The van der Waals surface area contributed by atoms with Gasteiger partial charge in [0.2, 0.25) is 5.91 Å². The third-order valence-electron chi connectivity index (χ3n) is 4.21. The number of carbonyl (C=O) groups excluding carboxylic acids is 1. The molecule has 2 N–H and O–H groups in total. The number of hydrogen-bond donors (Lipinski definition) is 1. The van der Waals surface area contributed by atoms with E-state index in [1.807, 2.05) is 0 Å². The van der Waals surface area contributed by atoms with E-state index in [2.05, 4.69) is 11.0 Å². The van der Waals surface area contributed by atoms with Crippen molar-refractivity contribution in [2.24, 2.45) is 11.7 Å². The van der Waals surface area contributed by atoms with Crippen LogP contribution in [0.4, 0.5) is 0 Å². The second-order valence-electron chi connectivity index (χ2n) is 5.71. The van der Waals surface area contributed by atoms with Crippen LogP contribution in [0.3, 0.4) is 0 Å². The summed E-state index contributed by atoms with van der Waals surface area (Å²) < 4.78 is 0. The van der Waals surface area contributed by atoms with Crippen molar-refractivity contribution >= 4 is 5.91 Å². The monoisotopic (exact) mass is 250 g/mol. The van der Waals surface area contributed by atoms with Gasteiger partial charge >= 0.3 is 0 Å². The molecule has 3 heteroatoms. The smallest absolute Gasteiger partial charge is 0.226 e. The molecule has 0 bridgehead atoms. The Morgan fingerprint density at radius 1 is 1.39 bits per heavy atom. The van der Waals surface area contributed by atoms with Gasteiger partial charge in [-0.1, -0.05) is 11.6 Å². The van der Waals surface area contributed by atoms with Crippen molar-refractivity contribution in [1.82, 2.24) is 4.90 Å². The van der Waals surface area contributed by atoms with Crippen molar-refractivity contribution < 1.29 is 4.79 Å². The topological polar surface area (TPSA) is 46.3 Å². The van der Waals surface area contributed by atoms with E-state index in [0.29, 0.717) is 18.2 Å². The minimum absolute atomic E-state index is 0.338. The molecule has 0 saturated carbocycles. The molecular weight excluding hydrogens is 224 g/mol. The van der Waals surface area contributed by atoms with Crippen LogP contribution in [0.5, 0.6) is 0 Å². The molecule has 1 fully saturated rings. The molecule has 3 nitrogen and oxygen atoms in total. The lowest BCUT2D eigenvalue weighted by Gasteiger charge is -2.33. The first kappa shape index (κ1) is 13.6. The second kappa shape index (κ2) is 6.93. The number of carbonyl (C=O) groups is 1. The Morgan fingerprint density at radius 3 is 3.00 bits per heavy atom. The van der Waals surface area contributed by atoms with Crippen LogP contribution in [0, 0.1) is 5.92 Å². The van der Waals surface area contributed by atoms with Crippen molar-refractivity contribution in [3.63, 3.8) is 0 Å². The standard InChI is InChI=1S/C15H26N2O/c16-9-8-14-7-4-10-17(12-14)15(18)11-13-5-2-1-3-6-13/h5,14H,1-4,6-12,16H2. The second-order valence-corrected chi connectivity index (χ2v) is 5.71. The number of amides is 1. The van der Waals surface area contributed by atoms with Gasteiger partial charge in [0.05, 0.1) is 0 Å². The van der Waals surface area contributed by atoms with Gasteiger partial charge in [-0.2, -0.15) is 0 Å². The lowest BCUT2D eigenvalue weighted by atomic mass is 9.93. The van der Waals surface area contributed by atoms with Crippen LogP contribution < -0.4 is 5.73 Å². The highest BCUT2D eigenvalue weighted by Crippen LogP contribution is 2.24. The Bertz CT molecular complexity index is 310. The number of likely N-dealkylation sites (tertiary alicyclic amines) is 1. The maximum Gasteiger partial charge on any atom is 0.226 e. The number of nitrogens with two attached hydrogens (primary N) is 1. The molecule has 1 aliphatic heterocycles. The first-order chi connectivity index (χ1) is 8.79. The summed E-state index contributed by atoms with van der Waals surface area (Å²) in [5, 5.41) is 0. The van der Waals surface area contributed by atoms with Crippen LogP contribution in [0.15, 0.2) is 11.6 Å². The van der Waals surface area contributed by atoms with Crippen LogP contribution in [-0.4, -0.2) is 30.4 Å². The molecule has 0 aromatic heterocycles. The average Bonchev–Trinajstić information content (AvgIpc) is 2.40. The molecule has 1 unspecified atom stereocenters. The Kier molecular flexibility index (Phi) is 5.24. The van der Waals surface area contributed by atoms with E-state index in [9.17, 15) is 4.79 Å². The van der Waals surface area contributed by atoms with E-state index in [1.54, 1.807) is 0 Å². The largest absolute Gasteiger partial charge is 0.342 e. The molecular formula is C15H26N2O. The summed E-state index contributed by atoms with van der Waals surface area (Å²) in [6, 6.07) is 0. The molecule has 2 rings (SSSR count). The summed E-state index contributed by atoms with van der Waals surface area (Å²) in [6.45, 7) is 2.63. The fourth-order valence-electron chi connectivity index (χ4n) is 3.13. The zero-order valence-corrected chi connectivity index (χ0v) is 11.4. The first-order valence-corrected chi connectivity index (χ1v) is 7.45. The predicted octanol–water partition coefficient (Wildman–Crippen LogP) is 2.46. The normalized spacial score (nSPS) is 24.8. The quantitative estimate of drug-likeness (QED) is 0.779. The molecule has 0 radical (unpaired) electrons. The van der Waals surface area contributed by atoms with E-state index in [1.165, 1.54) is 31.3 Å². The minimum atomic E-state index is 0.338. The number of piperidine rings is 1. The molecule has 1 saturated heterocycles. The first-order valence-electron chi connectivity index (χ1n) is 7.45. The van der Waals surface area contributed by atoms with Gasteiger partial charge < -0.3 is 10.6 Å². The lowest BCUT2D eigenvalue weighted by Crippen LogP contribution is -2.40. The van der Waals surface area contributed by atoms with Gasteiger partial charge in [-0.05, 0) is 57.4 Å². The molecule has 0 aromatic rings. The van der Waals surface area contributed by atoms with Gasteiger partial charge in [-0.25, -0.2) is 0 Å². The Morgan fingerprint density at radius 2 is 2.28 bits per heavy atom. The number of hydrogen-bond acceptors (Lipinski definition) is 2. The van der Waals surface area contributed by atoms with Crippen LogP contribution in [0.1, 0.15) is 51.4 Å². The SMILES string of the molecule is NCCC1CCCN(C(=O)CC2=CCCCC2)C1. The van der Waals surface area contributed by atoms with Crippen molar-refractivity contribution in [2.75, 3.05) is 19.6 Å². The molecule has 2 aliphatic rings. The molecule has 0 spiro atoms. The average molecular weight is 250 g/mol. The summed E-state index contributed by atoms with van der Waals surface area (Å²) in [4.78, 5) is 14.3. The lowest BCUT2D eigenvalue weighted by molar-refractivity contribution is -0.132. The van der Waals surface area contributed by atoms with Crippen molar-refractivity contribution in [2.45, 2.75) is 51.4 Å². The predicted molar refractivity (Wildman–Crippen MR) is 74.1 cm³/mol. The van der Waals surface area contributed by atoms with Gasteiger partial charge in [-0.3, -0.25) is 4.79 Å². The van der Waals surface area contributed by atoms with Crippen LogP contribution in [-0.2, 0) is 4.79 Å². The van der Waals surface area contributed by atoms with Crippen LogP contribution >= 0.6 is 0 Å². The highest BCUT2D eigenvalue weighted by atomic mass is 16.2. The highest BCUT2D eigenvalue weighted by molar-refractivity contribution is 5.78. The molecule has 1 atom stereocenters. The van der Waals surface area contributed by atoms with Gasteiger partial charge in [-0.15, -0.1) is 0 Å². The van der Waals surface area contributed by atoms with E-state index in [4.69, 9.17) is 5.73 Å². The van der Waals surface area contributed by atoms with Crippen molar-refractivity contribution in [3.05, 3.63) is 11.6 Å². The molecule has 1 aliphatic carbocycles. The Balaban J connectivity index is 1.82.